The molecule has 0 fully saturated rings. The predicted octanol–water partition coefficient (Wildman–Crippen LogP) is 1.94. The number of hydrogen-bond donors (Lipinski definition) is 1. The third-order valence-electron chi connectivity index (χ3n) is 3.45. The Morgan fingerprint density at radius 2 is 1.91 bits per heavy atom. The van der Waals surface area contributed by atoms with Crippen molar-refractivity contribution in [2.24, 2.45) is 0 Å². The molecule has 3 rings (SSSR count). The van der Waals surface area contributed by atoms with Crippen LogP contribution in [0.4, 0.5) is 0 Å². The van der Waals surface area contributed by atoms with Crippen LogP contribution >= 0.6 is 0 Å². The molecule has 106 valence electrons. The molecule has 22 heavy (non-hydrogen) atoms. The minimum atomic E-state index is -0.340. The summed E-state index contributed by atoms with van der Waals surface area (Å²) < 4.78 is 0. The second kappa shape index (κ2) is 5.55. The summed E-state index contributed by atoms with van der Waals surface area (Å²) in [6.07, 6.45) is 1.38. The number of rotatable bonds is 2. The first kappa shape index (κ1) is 13.6. The van der Waals surface area contributed by atoms with Crippen molar-refractivity contribution in [3.05, 3.63) is 59.7 Å². The summed E-state index contributed by atoms with van der Waals surface area (Å²) >= 11 is 0. The van der Waals surface area contributed by atoms with Crippen LogP contribution < -0.4 is 5.32 Å². The minimum absolute atomic E-state index is 0.264. The van der Waals surface area contributed by atoms with Gasteiger partial charge in [0.25, 0.3) is 0 Å². The Kier molecular flexibility index (Phi) is 3.43. The number of nitriles is 2. The number of hydrogen-bond acceptors (Lipinski definition) is 6. The smallest absolute Gasteiger partial charge is 0.152 e. The summed E-state index contributed by atoms with van der Waals surface area (Å²) in [5, 5.41) is 21.3. The van der Waals surface area contributed by atoms with Crippen LogP contribution in [0.5, 0.6) is 0 Å². The van der Waals surface area contributed by atoms with Gasteiger partial charge in [-0.3, -0.25) is 4.98 Å². The van der Waals surface area contributed by atoms with E-state index in [0.717, 1.165) is 17.1 Å². The lowest BCUT2D eigenvalue weighted by Crippen LogP contribution is -2.26. The van der Waals surface area contributed by atoms with E-state index in [1.807, 2.05) is 48.5 Å². The second-order valence-electron chi connectivity index (χ2n) is 4.77. The van der Waals surface area contributed by atoms with Gasteiger partial charge in [-0.15, -0.1) is 0 Å². The standard InChI is InChI=1S/C16H12N6/c1-22-15(10-18)14(9-17)21-16(22)13-7-4-6-12(20-13)11-5-2-3-8-19-11/h2-8,16,21H,1H3. The Balaban J connectivity index is 1.96. The Hall–Kier alpha value is -3.38. The van der Waals surface area contributed by atoms with Crippen LogP contribution in [0.3, 0.4) is 0 Å². The Morgan fingerprint density at radius 3 is 2.55 bits per heavy atom. The number of nitrogens with zero attached hydrogens (tertiary/aromatic N) is 5. The van der Waals surface area contributed by atoms with Gasteiger partial charge in [-0.1, -0.05) is 12.1 Å². The lowest BCUT2D eigenvalue weighted by Gasteiger charge is -2.21. The molecule has 0 saturated carbocycles. The summed E-state index contributed by atoms with van der Waals surface area (Å²) in [5.74, 6) is 0. The van der Waals surface area contributed by atoms with Gasteiger partial charge in [-0.2, -0.15) is 10.5 Å². The Bertz CT molecular complexity index is 813. The van der Waals surface area contributed by atoms with Gasteiger partial charge in [0.2, 0.25) is 0 Å². The summed E-state index contributed by atoms with van der Waals surface area (Å²) in [6.45, 7) is 0. The molecule has 6 heteroatoms. The molecule has 0 aromatic carbocycles. The van der Waals surface area contributed by atoms with Crippen molar-refractivity contribution in [1.29, 1.82) is 10.5 Å². The normalized spacial score (nSPS) is 16.9. The zero-order valence-corrected chi connectivity index (χ0v) is 11.9. The van der Waals surface area contributed by atoms with Crippen LogP contribution in [0.1, 0.15) is 11.9 Å². The van der Waals surface area contributed by atoms with E-state index in [-0.39, 0.29) is 11.9 Å². The molecule has 1 atom stereocenters. The first-order valence-electron chi connectivity index (χ1n) is 6.67. The summed E-state index contributed by atoms with van der Waals surface area (Å²) in [6, 6.07) is 15.3. The molecule has 1 aliphatic heterocycles. The SMILES string of the molecule is CN1C(C#N)=C(C#N)NC1c1cccc(-c2ccccn2)n1. The average molecular weight is 288 g/mol. The van der Waals surface area contributed by atoms with Crippen molar-refractivity contribution in [3.8, 4) is 23.5 Å². The second-order valence-corrected chi connectivity index (χ2v) is 4.77. The molecule has 0 spiro atoms. The van der Waals surface area contributed by atoms with Crippen LogP contribution in [0.2, 0.25) is 0 Å². The first-order valence-corrected chi connectivity index (χ1v) is 6.67. The summed E-state index contributed by atoms with van der Waals surface area (Å²) in [7, 11) is 1.76. The fourth-order valence-electron chi connectivity index (χ4n) is 2.36. The fraction of sp³-hybridized carbons (Fsp3) is 0.125. The lowest BCUT2D eigenvalue weighted by molar-refractivity contribution is 0.320. The maximum absolute atomic E-state index is 9.16. The lowest BCUT2D eigenvalue weighted by atomic mass is 10.2. The van der Waals surface area contributed by atoms with Crippen molar-refractivity contribution >= 4 is 0 Å². The van der Waals surface area contributed by atoms with Crippen LogP contribution in [-0.2, 0) is 0 Å². The van der Waals surface area contributed by atoms with Gasteiger partial charge in [0, 0.05) is 13.2 Å². The molecule has 3 heterocycles. The number of pyridine rings is 2. The monoisotopic (exact) mass is 288 g/mol. The molecular formula is C16H12N6. The maximum Gasteiger partial charge on any atom is 0.152 e. The van der Waals surface area contributed by atoms with Crippen LogP contribution in [0.25, 0.3) is 11.4 Å². The Labute approximate surface area is 128 Å². The number of nitrogens with one attached hydrogen (secondary N) is 1. The highest BCUT2D eigenvalue weighted by molar-refractivity contribution is 5.54. The van der Waals surface area contributed by atoms with Gasteiger partial charge in [0.1, 0.15) is 24.0 Å². The number of allylic oxidation sites excluding steroid dienone is 2. The molecule has 2 aromatic heterocycles. The van der Waals surface area contributed by atoms with Gasteiger partial charge >= 0.3 is 0 Å². The summed E-state index contributed by atoms with van der Waals surface area (Å²) in [4.78, 5) is 10.6. The molecule has 2 aromatic rings. The molecule has 1 unspecified atom stereocenters. The highest BCUT2D eigenvalue weighted by atomic mass is 15.3. The molecule has 0 aliphatic carbocycles. The molecule has 0 saturated heterocycles. The van der Waals surface area contributed by atoms with Gasteiger partial charge in [-0.05, 0) is 24.3 Å². The number of aromatic nitrogens is 2. The highest BCUT2D eigenvalue weighted by Gasteiger charge is 2.30. The quantitative estimate of drug-likeness (QED) is 0.908. The van der Waals surface area contributed by atoms with Crippen molar-refractivity contribution in [2.75, 3.05) is 7.05 Å². The van der Waals surface area contributed by atoms with Gasteiger partial charge in [0.05, 0.1) is 17.1 Å². The van der Waals surface area contributed by atoms with Gasteiger partial charge in [0.15, 0.2) is 5.70 Å². The third-order valence-corrected chi connectivity index (χ3v) is 3.45. The first-order chi connectivity index (χ1) is 10.7. The summed E-state index contributed by atoms with van der Waals surface area (Å²) in [5.41, 5.74) is 2.83. The van der Waals surface area contributed by atoms with E-state index in [1.165, 1.54) is 0 Å². The van der Waals surface area contributed by atoms with E-state index in [1.54, 1.807) is 18.1 Å². The van der Waals surface area contributed by atoms with E-state index in [4.69, 9.17) is 10.5 Å². The van der Waals surface area contributed by atoms with E-state index < -0.39 is 0 Å². The minimum Gasteiger partial charge on any atom is -0.349 e. The molecule has 1 aliphatic rings. The van der Waals surface area contributed by atoms with E-state index in [0.29, 0.717) is 5.70 Å². The molecule has 0 amide bonds. The molecule has 0 radical (unpaired) electrons. The van der Waals surface area contributed by atoms with Crippen LogP contribution in [0.15, 0.2) is 54.0 Å². The zero-order chi connectivity index (χ0) is 15.5. The van der Waals surface area contributed by atoms with Gasteiger partial charge in [-0.25, -0.2) is 4.98 Å². The van der Waals surface area contributed by atoms with Crippen molar-refractivity contribution in [1.82, 2.24) is 20.2 Å². The van der Waals surface area contributed by atoms with Crippen molar-refractivity contribution < 1.29 is 0 Å². The van der Waals surface area contributed by atoms with Crippen molar-refractivity contribution in [2.45, 2.75) is 6.17 Å². The van der Waals surface area contributed by atoms with Crippen LogP contribution in [0, 0.1) is 22.7 Å². The predicted molar refractivity (Wildman–Crippen MR) is 79.4 cm³/mol. The molecule has 1 N–H and O–H groups in total. The van der Waals surface area contributed by atoms with Gasteiger partial charge < -0.3 is 10.2 Å². The highest BCUT2D eigenvalue weighted by Crippen LogP contribution is 2.28. The maximum atomic E-state index is 9.16. The van der Waals surface area contributed by atoms with Crippen LogP contribution in [-0.4, -0.2) is 21.9 Å². The van der Waals surface area contributed by atoms with E-state index in [2.05, 4.69) is 15.3 Å². The third kappa shape index (κ3) is 2.23. The topological polar surface area (TPSA) is 88.6 Å². The molecule has 6 nitrogen and oxygen atoms in total. The zero-order valence-electron chi connectivity index (χ0n) is 11.9. The molecular weight excluding hydrogens is 276 g/mol. The Morgan fingerprint density at radius 1 is 1.09 bits per heavy atom. The van der Waals surface area contributed by atoms with E-state index in [9.17, 15) is 0 Å². The average Bonchev–Trinajstić information content (AvgIpc) is 2.91. The molecule has 0 bridgehead atoms. The van der Waals surface area contributed by atoms with E-state index >= 15 is 0 Å². The largest absolute Gasteiger partial charge is 0.349 e. The fourth-order valence-corrected chi connectivity index (χ4v) is 2.36. The van der Waals surface area contributed by atoms with Crippen molar-refractivity contribution in [3.63, 3.8) is 0 Å².